The molecule has 146 valence electrons. The second kappa shape index (κ2) is 8.83. The summed E-state index contributed by atoms with van der Waals surface area (Å²) in [7, 11) is 1.43. The largest absolute Gasteiger partial charge is 0.507 e. The molecular weight excluding hydrogens is 352 g/mol. The highest BCUT2D eigenvalue weighted by Crippen LogP contribution is 2.30. The van der Waals surface area contributed by atoms with Crippen LogP contribution in [0.4, 0.5) is 0 Å². The van der Waals surface area contributed by atoms with Gasteiger partial charge in [-0.3, -0.25) is 4.79 Å². The predicted molar refractivity (Wildman–Crippen MR) is 98.6 cm³/mol. The highest BCUT2D eigenvalue weighted by molar-refractivity contribution is 5.97. The quantitative estimate of drug-likeness (QED) is 0.642. The van der Waals surface area contributed by atoms with Gasteiger partial charge in [-0.15, -0.1) is 0 Å². The van der Waals surface area contributed by atoms with E-state index in [9.17, 15) is 24.9 Å². The van der Waals surface area contributed by atoms with E-state index in [1.807, 2.05) is 0 Å². The second-order valence-electron chi connectivity index (χ2n) is 6.57. The van der Waals surface area contributed by atoms with E-state index in [-0.39, 0.29) is 24.2 Å². The zero-order chi connectivity index (χ0) is 20.1. The molecule has 0 aromatic heterocycles. The van der Waals surface area contributed by atoms with Crippen molar-refractivity contribution in [2.45, 2.75) is 45.0 Å². The first-order valence-electron chi connectivity index (χ1n) is 8.58. The van der Waals surface area contributed by atoms with Crippen molar-refractivity contribution >= 4 is 17.8 Å². The molecule has 3 N–H and O–H groups in total. The van der Waals surface area contributed by atoms with Gasteiger partial charge in [-0.25, -0.2) is 4.79 Å². The van der Waals surface area contributed by atoms with Gasteiger partial charge in [-0.05, 0) is 38.0 Å². The average molecular weight is 376 g/mol. The zero-order valence-electron chi connectivity index (χ0n) is 15.5. The van der Waals surface area contributed by atoms with Crippen molar-refractivity contribution in [1.82, 2.24) is 0 Å². The molecule has 1 aliphatic heterocycles. The van der Waals surface area contributed by atoms with E-state index in [1.165, 1.54) is 31.4 Å². The van der Waals surface area contributed by atoms with Crippen molar-refractivity contribution in [3.63, 3.8) is 0 Å². The van der Waals surface area contributed by atoms with Crippen LogP contribution in [-0.4, -0.2) is 52.5 Å². The zero-order valence-corrected chi connectivity index (χ0v) is 15.5. The number of phenols is 1. The van der Waals surface area contributed by atoms with Crippen LogP contribution in [0.3, 0.4) is 0 Å². The van der Waals surface area contributed by atoms with E-state index < -0.39 is 30.1 Å². The second-order valence-corrected chi connectivity index (χ2v) is 6.57. The third-order valence-electron chi connectivity index (χ3n) is 4.20. The summed E-state index contributed by atoms with van der Waals surface area (Å²) < 4.78 is 10.5. The smallest absolute Gasteiger partial charge is 0.342 e. The van der Waals surface area contributed by atoms with Gasteiger partial charge in [-0.1, -0.05) is 17.7 Å². The number of carbonyl (C=O) groups excluding carboxylic acids is 2. The van der Waals surface area contributed by atoms with Crippen molar-refractivity contribution in [1.29, 1.82) is 0 Å². The van der Waals surface area contributed by atoms with Gasteiger partial charge in [0.2, 0.25) is 0 Å². The van der Waals surface area contributed by atoms with Crippen LogP contribution in [0.15, 0.2) is 29.9 Å². The lowest BCUT2D eigenvalue weighted by Crippen LogP contribution is -2.32. The molecule has 0 unspecified atom stereocenters. The number of fused-ring (bicyclic) bond motifs is 1. The summed E-state index contributed by atoms with van der Waals surface area (Å²) in [5.74, 6) is -1.27. The Balaban J connectivity index is 2.49. The molecule has 7 heteroatoms. The molecule has 7 nitrogen and oxygen atoms in total. The van der Waals surface area contributed by atoms with Crippen molar-refractivity contribution < 1.29 is 34.4 Å². The monoisotopic (exact) mass is 376 g/mol. The van der Waals surface area contributed by atoms with Crippen LogP contribution in [0.25, 0.3) is 6.08 Å². The number of ketones is 1. The first-order chi connectivity index (χ1) is 12.7. The Kier molecular flexibility index (Phi) is 6.76. The molecule has 0 amide bonds. The van der Waals surface area contributed by atoms with E-state index in [4.69, 9.17) is 9.47 Å². The number of esters is 1. The Bertz CT molecular complexity index is 779. The normalized spacial score (nSPS) is 27.6. The first kappa shape index (κ1) is 20.7. The van der Waals surface area contributed by atoms with Crippen LogP contribution >= 0.6 is 0 Å². The molecule has 0 radical (unpaired) electrons. The lowest BCUT2D eigenvalue weighted by atomic mass is 10.00. The van der Waals surface area contributed by atoms with E-state index >= 15 is 0 Å². The molecular formula is C20H24O7. The highest BCUT2D eigenvalue weighted by atomic mass is 16.5. The number of aromatic hydroxyl groups is 1. The van der Waals surface area contributed by atoms with Crippen molar-refractivity contribution in [2.24, 2.45) is 0 Å². The number of ether oxygens (including phenoxy) is 2. The van der Waals surface area contributed by atoms with E-state index in [1.54, 1.807) is 19.9 Å². The topological polar surface area (TPSA) is 113 Å². The lowest BCUT2D eigenvalue weighted by molar-refractivity contribution is -0.127. The summed E-state index contributed by atoms with van der Waals surface area (Å²) in [6.07, 6.45) is 1.06. The minimum absolute atomic E-state index is 0.0243. The fourth-order valence-corrected chi connectivity index (χ4v) is 2.87. The van der Waals surface area contributed by atoms with E-state index in [0.29, 0.717) is 16.9 Å². The standard InChI is InChI=1S/C20H24O7/c1-11-7-12(2)27-20(25)18-13(9-14(26-3)10-16(18)22)5-4-6-15(21)19(24)17(23)8-11/h4-5,8-10,12,15,19,21-22,24H,6-7H2,1-3H3/b5-4+,11-8-/t12-,15-,19-/m0/s1. The molecule has 0 fully saturated rings. The van der Waals surface area contributed by atoms with Crippen LogP contribution < -0.4 is 4.74 Å². The molecule has 1 aliphatic rings. The molecule has 27 heavy (non-hydrogen) atoms. The fourth-order valence-electron chi connectivity index (χ4n) is 2.87. The number of carbonyl (C=O) groups is 2. The summed E-state index contributed by atoms with van der Waals surface area (Å²) in [4.78, 5) is 24.6. The lowest BCUT2D eigenvalue weighted by Gasteiger charge is -2.18. The van der Waals surface area contributed by atoms with Gasteiger partial charge in [0.05, 0.1) is 13.2 Å². The molecule has 0 saturated heterocycles. The predicted octanol–water partition coefficient (Wildman–Crippen LogP) is 1.99. The Morgan fingerprint density at radius 2 is 1.93 bits per heavy atom. The van der Waals surface area contributed by atoms with Gasteiger partial charge in [0.15, 0.2) is 5.78 Å². The van der Waals surface area contributed by atoms with Gasteiger partial charge in [0.25, 0.3) is 0 Å². The summed E-state index contributed by atoms with van der Waals surface area (Å²) in [6, 6.07) is 2.85. The molecule has 1 aromatic carbocycles. The molecule has 1 aromatic rings. The van der Waals surface area contributed by atoms with Crippen molar-refractivity contribution in [3.8, 4) is 11.5 Å². The van der Waals surface area contributed by atoms with Crippen molar-refractivity contribution in [3.05, 3.63) is 41.0 Å². The number of cyclic esters (lactones) is 1. The maximum atomic E-state index is 12.6. The van der Waals surface area contributed by atoms with Crippen LogP contribution in [-0.2, 0) is 9.53 Å². The van der Waals surface area contributed by atoms with Gasteiger partial charge in [0.1, 0.15) is 29.3 Å². The molecule has 3 atom stereocenters. The van der Waals surface area contributed by atoms with Gasteiger partial charge < -0.3 is 24.8 Å². The molecule has 2 rings (SSSR count). The summed E-state index contributed by atoms with van der Waals surface area (Å²) in [5.41, 5.74) is 0.906. The minimum atomic E-state index is -1.55. The number of benzene rings is 1. The fraction of sp³-hybridized carbons (Fsp3) is 0.400. The van der Waals surface area contributed by atoms with Gasteiger partial charge in [-0.2, -0.15) is 0 Å². The van der Waals surface area contributed by atoms with Crippen molar-refractivity contribution in [2.75, 3.05) is 7.11 Å². The molecule has 0 aliphatic carbocycles. The highest BCUT2D eigenvalue weighted by Gasteiger charge is 2.24. The van der Waals surface area contributed by atoms with Gasteiger partial charge >= 0.3 is 5.97 Å². The first-order valence-corrected chi connectivity index (χ1v) is 8.58. The van der Waals surface area contributed by atoms with E-state index in [2.05, 4.69) is 0 Å². The number of rotatable bonds is 1. The molecule has 0 saturated carbocycles. The maximum absolute atomic E-state index is 12.6. The number of aliphatic hydroxyl groups excluding tert-OH is 2. The summed E-state index contributed by atoms with van der Waals surface area (Å²) >= 11 is 0. The number of hydrogen-bond acceptors (Lipinski definition) is 7. The summed E-state index contributed by atoms with van der Waals surface area (Å²) in [5, 5.41) is 30.3. The number of phenolic OH excluding ortho intramolecular Hbond substituents is 1. The molecule has 0 spiro atoms. The maximum Gasteiger partial charge on any atom is 0.342 e. The average Bonchev–Trinajstić information content (AvgIpc) is 2.58. The van der Waals surface area contributed by atoms with Crippen LogP contribution in [0, 0.1) is 0 Å². The Morgan fingerprint density at radius 1 is 1.22 bits per heavy atom. The number of aliphatic hydroxyl groups is 2. The Hall–Kier alpha value is -2.64. The molecule has 0 bridgehead atoms. The van der Waals surface area contributed by atoms with Crippen LogP contribution in [0.5, 0.6) is 11.5 Å². The summed E-state index contributed by atoms with van der Waals surface area (Å²) in [6.45, 7) is 3.33. The third-order valence-corrected chi connectivity index (χ3v) is 4.20. The Morgan fingerprint density at radius 3 is 2.59 bits per heavy atom. The minimum Gasteiger partial charge on any atom is -0.507 e. The third kappa shape index (κ3) is 5.18. The number of hydrogen-bond donors (Lipinski definition) is 3. The van der Waals surface area contributed by atoms with Crippen LogP contribution in [0.2, 0.25) is 0 Å². The SMILES string of the molecule is COc1cc(O)c2c(c1)/C=C/C[C@H](O)[C@H](O)C(=O)/C=C(/C)C[C@H](C)OC2=O. The van der Waals surface area contributed by atoms with Gasteiger partial charge in [0, 0.05) is 12.5 Å². The van der Waals surface area contributed by atoms with Crippen LogP contribution in [0.1, 0.15) is 42.6 Å². The van der Waals surface area contributed by atoms with E-state index in [0.717, 1.165) is 0 Å². The molecule has 1 heterocycles. The Labute approximate surface area is 157 Å². The number of methoxy groups -OCH3 is 1.